The summed E-state index contributed by atoms with van der Waals surface area (Å²) in [7, 11) is 1.60. The number of carbonyl (C=O) groups is 7. The number of alkyl carbamates (subject to hydrolysis) is 1. The van der Waals surface area contributed by atoms with Crippen LogP contribution in [0.1, 0.15) is 76.0 Å². The van der Waals surface area contributed by atoms with Crippen molar-refractivity contribution in [1.29, 1.82) is 0 Å². The van der Waals surface area contributed by atoms with E-state index in [4.69, 9.17) is 39.9 Å². The molecule has 4 heterocycles. The van der Waals surface area contributed by atoms with Crippen molar-refractivity contribution in [2.24, 2.45) is 17.6 Å². The highest BCUT2D eigenvalue weighted by molar-refractivity contribution is 6.12. The molecule has 2 aromatic heterocycles. The Morgan fingerprint density at radius 1 is 0.817 bits per heavy atom. The van der Waals surface area contributed by atoms with Crippen LogP contribution in [0.5, 0.6) is 11.8 Å². The zero-order valence-electron chi connectivity index (χ0n) is 47.0. The van der Waals surface area contributed by atoms with Crippen LogP contribution in [0.15, 0.2) is 59.4 Å². The summed E-state index contributed by atoms with van der Waals surface area (Å²) in [5.41, 5.74) is 14.6. The van der Waals surface area contributed by atoms with E-state index in [1.54, 1.807) is 45.2 Å². The van der Waals surface area contributed by atoms with Gasteiger partial charge in [0.15, 0.2) is 11.5 Å². The van der Waals surface area contributed by atoms with Crippen molar-refractivity contribution in [2.75, 3.05) is 97.1 Å². The molecule has 6 rings (SSSR count). The fourth-order valence-corrected chi connectivity index (χ4v) is 9.09. The Morgan fingerprint density at radius 3 is 2.17 bits per heavy atom. The number of benzene rings is 2. The fourth-order valence-electron chi connectivity index (χ4n) is 9.09. The topological polar surface area (TPSA) is 357 Å². The van der Waals surface area contributed by atoms with Gasteiger partial charge in [-0.05, 0) is 93.3 Å². The molecule has 2 atom stereocenters. The van der Waals surface area contributed by atoms with Crippen LogP contribution in [0.25, 0.3) is 11.2 Å². The third-order valence-electron chi connectivity index (χ3n) is 13.6. The van der Waals surface area contributed by atoms with Crippen LogP contribution in [-0.4, -0.2) is 169 Å². The van der Waals surface area contributed by atoms with Crippen molar-refractivity contribution in [3.8, 4) is 11.8 Å². The van der Waals surface area contributed by atoms with E-state index in [1.165, 1.54) is 16.7 Å². The number of aromatic nitrogens is 4. The Labute approximate surface area is 474 Å². The third-order valence-corrected chi connectivity index (χ3v) is 13.6. The van der Waals surface area contributed by atoms with E-state index < -0.39 is 41.9 Å². The molecule has 2 aromatic carbocycles. The number of nitrogen functional groups attached to an aromatic ring is 1. The van der Waals surface area contributed by atoms with E-state index >= 15 is 0 Å². The van der Waals surface area contributed by atoms with Gasteiger partial charge in [-0.25, -0.2) is 14.4 Å². The van der Waals surface area contributed by atoms with Crippen molar-refractivity contribution >= 4 is 64.3 Å². The van der Waals surface area contributed by atoms with Gasteiger partial charge >= 0.3 is 23.8 Å². The number of nitrogens with zero attached hydrogens (tertiary/aromatic N) is 5. The Balaban J connectivity index is 0.862. The van der Waals surface area contributed by atoms with E-state index in [0.717, 1.165) is 54.9 Å². The molecule has 0 unspecified atom stereocenters. The SMILES string of the molecule is CCOc1nc(N)c2[nH]c(=O)n(Cc3ccc(CN4CCC(CCNC(=O)OCc5ccc(NC(=O)[C@H](CCCNC(N)=O)NC(=O)[C@@H](NC(=O)CCOCCOCCOCCN6C(=O)C=CC6=O)C(C)C)cc5)CC4)cc3OC)c2n1. The van der Waals surface area contributed by atoms with Crippen molar-refractivity contribution in [3.05, 3.63) is 81.8 Å². The summed E-state index contributed by atoms with van der Waals surface area (Å²) in [6.45, 7) is 10.3. The largest absolute Gasteiger partial charge is 0.496 e. The van der Waals surface area contributed by atoms with Gasteiger partial charge in [-0.3, -0.25) is 38.3 Å². The summed E-state index contributed by atoms with van der Waals surface area (Å²) in [5.74, 6) is -1.43. The molecular weight excluding hydrogens is 1070 g/mol. The average Bonchev–Trinajstić information content (AvgIpc) is 3.79. The summed E-state index contributed by atoms with van der Waals surface area (Å²) in [5, 5.41) is 13.6. The van der Waals surface area contributed by atoms with Crippen LogP contribution in [0.3, 0.4) is 0 Å². The van der Waals surface area contributed by atoms with E-state index in [9.17, 15) is 38.4 Å². The molecule has 27 heteroatoms. The predicted molar refractivity (Wildman–Crippen MR) is 300 cm³/mol. The minimum Gasteiger partial charge on any atom is -0.496 e. The molecule has 27 nitrogen and oxygen atoms in total. The maximum absolute atomic E-state index is 13.6. The number of piperidine rings is 1. The number of fused-ring (bicyclic) bond motifs is 1. The van der Waals surface area contributed by atoms with Gasteiger partial charge in [-0.15, -0.1) is 0 Å². The second-order valence-electron chi connectivity index (χ2n) is 19.9. The van der Waals surface area contributed by atoms with Gasteiger partial charge in [-0.2, -0.15) is 9.97 Å². The normalized spacial score (nSPS) is 14.4. The Hall–Kier alpha value is -8.14. The molecule has 2 aliphatic heterocycles. The van der Waals surface area contributed by atoms with Crippen molar-refractivity contribution < 1.29 is 62.0 Å². The summed E-state index contributed by atoms with van der Waals surface area (Å²) in [6, 6.07) is 10.0. The first-order chi connectivity index (χ1) is 39.5. The minimum absolute atomic E-state index is 0.00847. The second-order valence-corrected chi connectivity index (χ2v) is 19.9. The third kappa shape index (κ3) is 19.8. The van der Waals surface area contributed by atoms with Gasteiger partial charge in [0.1, 0.15) is 30.0 Å². The lowest BCUT2D eigenvalue weighted by Gasteiger charge is -2.32. The van der Waals surface area contributed by atoms with Crippen LogP contribution >= 0.6 is 0 Å². The van der Waals surface area contributed by atoms with Crippen molar-refractivity contribution in [1.82, 2.24) is 50.6 Å². The first kappa shape index (κ1) is 63.0. The number of nitrogens with two attached hydrogens (primary N) is 2. The molecule has 82 heavy (non-hydrogen) atoms. The molecule has 0 saturated carbocycles. The van der Waals surface area contributed by atoms with Crippen molar-refractivity contribution in [3.63, 3.8) is 0 Å². The molecule has 1 fully saturated rings. The Morgan fingerprint density at radius 2 is 1.50 bits per heavy atom. The monoisotopic (exact) mass is 1140 g/mol. The maximum atomic E-state index is 13.6. The lowest BCUT2D eigenvalue weighted by Crippen LogP contribution is -2.54. The first-order valence-corrected chi connectivity index (χ1v) is 27.5. The highest BCUT2D eigenvalue weighted by atomic mass is 16.6. The van der Waals surface area contributed by atoms with E-state index in [1.807, 2.05) is 25.1 Å². The first-order valence-electron chi connectivity index (χ1n) is 27.5. The number of carbonyl (C=O) groups excluding carboxylic acids is 7. The van der Waals surface area contributed by atoms with Gasteiger partial charge in [0.25, 0.3) is 11.8 Å². The zero-order valence-corrected chi connectivity index (χ0v) is 47.0. The van der Waals surface area contributed by atoms with Crippen molar-refractivity contribution in [2.45, 2.75) is 91.1 Å². The summed E-state index contributed by atoms with van der Waals surface area (Å²) in [4.78, 5) is 115. The summed E-state index contributed by atoms with van der Waals surface area (Å²) < 4.78 is 34.5. The number of nitrogens with one attached hydrogen (secondary N) is 6. The van der Waals surface area contributed by atoms with Gasteiger partial charge < -0.3 is 71.5 Å². The molecule has 2 aliphatic rings. The quantitative estimate of drug-likeness (QED) is 0.0245. The van der Waals surface area contributed by atoms with E-state index in [-0.39, 0.29) is 114 Å². The number of urea groups is 1. The van der Waals surface area contributed by atoms with Crippen LogP contribution in [-0.2, 0) is 62.6 Å². The van der Waals surface area contributed by atoms with Gasteiger partial charge in [0, 0.05) is 49.5 Å². The molecule has 0 radical (unpaired) electrons. The fraction of sp³-hybridized carbons (Fsp3) is 0.527. The highest BCUT2D eigenvalue weighted by Gasteiger charge is 2.29. The zero-order chi connectivity index (χ0) is 59.0. The highest BCUT2D eigenvalue weighted by Crippen LogP contribution is 2.27. The number of hydrogen-bond donors (Lipinski definition) is 8. The van der Waals surface area contributed by atoms with Crippen LogP contribution in [0.2, 0.25) is 0 Å². The van der Waals surface area contributed by atoms with E-state index in [2.05, 4.69) is 46.4 Å². The molecule has 0 spiro atoms. The lowest BCUT2D eigenvalue weighted by molar-refractivity contribution is -0.137. The number of aromatic amines is 1. The number of hydrogen-bond acceptors (Lipinski definition) is 18. The van der Waals surface area contributed by atoms with Gasteiger partial charge in [0.2, 0.25) is 17.7 Å². The number of imide groups is 1. The Bertz CT molecular complexity index is 2870. The number of anilines is 2. The number of amides is 8. The molecule has 10 N–H and O–H groups in total. The average molecular weight is 1140 g/mol. The lowest BCUT2D eigenvalue weighted by atomic mass is 9.93. The molecule has 0 aliphatic carbocycles. The van der Waals surface area contributed by atoms with Gasteiger partial charge in [-0.1, -0.05) is 38.1 Å². The van der Waals surface area contributed by atoms with Crippen LogP contribution < -0.4 is 53.2 Å². The van der Waals surface area contributed by atoms with E-state index in [0.29, 0.717) is 53.7 Å². The van der Waals surface area contributed by atoms with Gasteiger partial charge in [0.05, 0.1) is 66.4 Å². The van der Waals surface area contributed by atoms with Crippen LogP contribution in [0.4, 0.5) is 21.1 Å². The molecule has 4 aromatic rings. The number of H-pyrrole nitrogens is 1. The number of methoxy groups -OCH3 is 1. The number of ether oxygens (including phenoxy) is 6. The number of likely N-dealkylation sites (tertiary alicyclic amines) is 1. The molecule has 446 valence electrons. The number of imidazole rings is 1. The Kier molecular flexibility index (Phi) is 24.9. The molecule has 0 bridgehead atoms. The summed E-state index contributed by atoms with van der Waals surface area (Å²) >= 11 is 0. The second kappa shape index (κ2) is 32.3. The van der Waals surface area contributed by atoms with Crippen LogP contribution in [0, 0.1) is 11.8 Å². The maximum Gasteiger partial charge on any atom is 0.407 e. The molecular formula is C55H77N13O14. The minimum atomic E-state index is -1.05. The molecule has 1 saturated heterocycles. The standard InChI is InChI=1S/C55H77N13O14/c1-5-81-53-64-48(56)47-49(65-53)68(54(75)63-47)33-39-11-8-38(31-42(39)77-4)32-66-22-17-36(18-23-66)16-21-59-55(76)82-34-37-9-12-40(13-10-37)60-50(72)41(7-6-20-58-52(57)74)61-51(73)46(35(2)3)62-43(69)19-25-78-27-29-80-30-28-79-26-24-67-44(70)14-15-45(67)71/h8-15,31,35-36,41,46H,5-7,16-30,32-34H2,1-4H3,(H,59,76)(H,60,72)(H,61,73)(H,62,69)(H,63,75)(H2,56,64,65)(H3,57,58,74)/t41-,46-/m0/s1. The number of rotatable bonds is 34. The molecule has 8 amide bonds. The number of primary amides is 1. The smallest absolute Gasteiger partial charge is 0.407 e. The summed E-state index contributed by atoms with van der Waals surface area (Å²) in [6.07, 6.45) is 5.01. The predicted octanol–water partition coefficient (Wildman–Crippen LogP) is 2.06.